The average molecular weight is 365 g/mol. The molecule has 2 amide bonds. The summed E-state index contributed by atoms with van der Waals surface area (Å²) in [6, 6.07) is 3.92. The summed E-state index contributed by atoms with van der Waals surface area (Å²) in [5, 5.41) is 0. The minimum atomic E-state index is -4.10. The Balaban J connectivity index is 3.24. The van der Waals surface area contributed by atoms with Crippen molar-refractivity contribution >= 4 is 43.5 Å². The molecule has 0 bridgehead atoms. The van der Waals surface area contributed by atoms with Gasteiger partial charge in [-0.05, 0) is 34.1 Å². The van der Waals surface area contributed by atoms with E-state index in [-0.39, 0.29) is 10.6 Å². The molecule has 110 valence electrons. The maximum atomic E-state index is 12.3. The molecule has 20 heavy (non-hydrogen) atoms. The Morgan fingerprint density at radius 3 is 2.05 bits per heavy atom. The summed E-state index contributed by atoms with van der Waals surface area (Å²) in [5.74, 6) is -1.81. The molecule has 0 saturated carbocycles. The first-order valence-corrected chi connectivity index (χ1v) is 7.49. The molecule has 0 heterocycles. The molecule has 0 aromatic heterocycles. The molecule has 0 spiro atoms. The maximum absolute atomic E-state index is 12.3. The zero-order chi connectivity index (χ0) is 15.5. The Bertz CT molecular complexity index is 631. The van der Waals surface area contributed by atoms with Crippen LogP contribution >= 0.6 is 15.9 Å². The number of carbonyl (C=O) groups is 2. The number of rotatable bonds is 6. The molecule has 0 radical (unpaired) electrons. The summed E-state index contributed by atoms with van der Waals surface area (Å²) < 4.78 is 25.7. The number of carbonyl (C=O) groups excluding carboxylic acids is 2. The number of hydrogen-bond acceptors (Lipinski definition) is 5. The highest BCUT2D eigenvalue weighted by molar-refractivity contribution is 9.10. The normalized spacial score (nSPS) is 11.5. The van der Waals surface area contributed by atoms with Gasteiger partial charge in [0.15, 0.2) is 0 Å². The summed E-state index contributed by atoms with van der Waals surface area (Å²) in [4.78, 5) is 21.7. The van der Waals surface area contributed by atoms with E-state index in [0.29, 0.717) is 8.78 Å². The molecule has 0 aliphatic heterocycles. The van der Waals surface area contributed by atoms with Gasteiger partial charge in [0, 0.05) is 10.2 Å². The second-order valence-electron chi connectivity index (χ2n) is 3.89. The molecular formula is C10H13BrN4O4S. The monoisotopic (exact) mass is 364 g/mol. The maximum Gasteiger partial charge on any atom is 0.244 e. The summed E-state index contributed by atoms with van der Waals surface area (Å²) in [5.41, 5.74) is 15.7. The van der Waals surface area contributed by atoms with Crippen LogP contribution < -0.4 is 17.2 Å². The molecule has 1 aromatic carbocycles. The lowest BCUT2D eigenvalue weighted by molar-refractivity contribution is -0.120. The third-order valence-corrected chi connectivity index (χ3v) is 4.78. The van der Waals surface area contributed by atoms with Crippen LogP contribution in [0.1, 0.15) is 0 Å². The molecule has 10 heteroatoms. The van der Waals surface area contributed by atoms with Crippen LogP contribution in [0.15, 0.2) is 27.6 Å². The molecule has 8 nitrogen and oxygen atoms in total. The van der Waals surface area contributed by atoms with Gasteiger partial charge in [0.25, 0.3) is 0 Å². The molecule has 0 fully saturated rings. The average Bonchev–Trinajstić information content (AvgIpc) is 2.30. The number of sulfonamides is 1. The van der Waals surface area contributed by atoms with E-state index in [1.165, 1.54) is 18.2 Å². The van der Waals surface area contributed by atoms with Crippen molar-refractivity contribution in [1.82, 2.24) is 4.31 Å². The van der Waals surface area contributed by atoms with Crippen LogP contribution in [0.5, 0.6) is 0 Å². The van der Waals surface area contributed by atoms with E-state index in [2.05, 4.69) is 15.9 Å². The molecule has 1 rings (SSSR count). The van der Waals surface area contributed by atoms with E-state index in [1.54, 1.807) is 0 Å². The van der Waals surface area contributed by atoms with Gasteiger partial charge in [0.05, 0.1) is 18.0 Å². The highest BCUT2D eigenvalue weighted by Gasteiger charge is 2.27. The lowest BCUT2D eigenvalue weighted by atomic mass is 10.3. The molecule has 0 unspecified atom stereocenters. The number of amides is 2. The van der Waals surface area contributed by atoms with Gasteiger partial charge in [-0.3, -0.25) is 9.59 Å². The molecule has 0 saturated heterocycles. The van der Waals surface area contributed by atoms with E-state index in [9.17, 15) is 18.0 Å². The van der Waals surface area contributed by atoms with Crippen LogP contribution in [0.2, 0.25) is 0 Å². The van der Waals surface area contributed by atoms with Crippen molar-refractivity contribution in [3.8, 4) is 0 Å². The number of benzene rings is 1. The van der Waals surface area contributed by atoms with Crippen molar-refractivity contribution in [2.24, 2.45) is 11.5 Å². The quantitative estimate of drug-likeness (QED) is 0.552. The lowest BCUT2D eigenvalue weighted by Gasteiger charge is -2.19. The fraction of sp³-hybridized carbons (Fsp3) is 0.200. The van der Waals surface area contributed by atoms with Crippen molar-refractivity contribution in [2.75, 3.05) is 18.8 Å². The summed E-state index contributed by atoms with van der Waals surface area (Å²) in [7, 11) is -4.10. The second-order valence-corrected chi connectivity index (χ2v) is 6.68. The minimum Gasteiger partial charge on any atom is -0.398 e. The predicted octanol–water partition coefficient (Wildman–Crippen LogP) is -1.01. The van der Waals surface area contributed by atoms with Crippen LogP contribution in [0, 0.1) is 0 Å². The molecular weight excluding hydrogens is 352 g/mol. The summed E-state index contributed by atoms with van der Waals surface area (Å²) >= 11 is 3.13. The van der Waals surface area contributed by atoms with Gasteiger partial charge in [0.2, 0.25) is 21.8 Å². The lowest BCUT2D eigenvalue weighted by Crippen LogP contribution is -2.43. The van der Waals surface area contributed by atoms with Crippen molar-refractivity contribution < 1.29 is 18.0 Å². The first kappa shape index (κ1) is 16.4. The Kier molecular flexibility index (Phi) is 5.09. The first-order chi connectivity index (χ1) is 9.14. The fourth-order valence-corrected chi connectivity index (χ4v) is 3.06. The number of nitrogen functional groups attached to an aromatic ring is 1. The summed E-state index contributed by atoms with van der Waals surface area (Å²) in [6.07, 6.45) is 0. The van der Waals surface area contributed by atoms with E-state index in [0.717, 1.165) is 0 Å². The third kappa shape index (κ3) is 3.92. The number of nitrogens with zero attached hydrogens (tertiary/aromatic N) is 1. The fourth-order valence-electron chi connectivity index (χ4n) is 1.40. The number of anilines is 1. The SMILES string of the molecule is NC(=O)CN(CC(N)=O)S(=O)(=O)c1ccc(Br)c(N)c1. The van der Waals surface area contributed by atoms with E-state index in [4.69, 9.17) is 17.2 Å². The second kappa shape index (κ2) is 6.20. The van der Waals surface area contributed by atoms with Crippen molar-refractivity contribution in [1.29, 1.82) is 0 Å². The van der Waals surface area contributed by atoms with Crippen LogP contribution in [-0.2, 0) is 19.6 Å². The Morgan fingerprint density at radius 1 is 1.15 bits per heavy atom. The highest BCUT2D eigenvalue weighted by Crippen LogP contribution is 2.24. The Hall–Kier alpha value is -1.65. The van der Waals surface area contributed by atoms with Gasteiger partial charge in [0.1, 0.15) is 0 Å². The van der Waals surface area contributed by atoms with Crippen LogP contribution in [0.4, 0.5) is 5.69 Å². The number of primary amides is 2. The van der Waals surface area contributed by atoms with E-state index < -0.39 is 34.9 Å². The number of nitrogens with two attached hydrogens (primary N) is 3. The van der Waals surface area contributed by atoms with Gasteiger partial charge >= 0.3 is 0 Å². The Morgan fingerprint density at radius 2 is 1.65 bits per heavy atom. The van der Waals surface area contributed by atoms with Gasteiger partial charge in [-0.1, -0.05) is 0 Å². The van der Waals surface area contributed by atoms with Crippen LogP contribution in [-0.4, -0.2) is 37.6 Å². The zero-order valence-corrected chi connectivity index (χ0v) is 12.6. The first-order valence-electron chi connectivity index (χ1n) is 5.26. The van der Waals surface area contributed by atoms with Crippen molar-refractivity contribution in [3.05, 3.63) is 22.7 Å². The zero-order valence-electron chi connectivity index (χ0n) is 10.2. The van der Waals surface area contributed by atoms with E-state index >= 15 is 0 Å². The van der Waals surface area contributed by atoms with Crippen molar-refractivity contribution in [2.45, 2.75) is 4.90 Å². The summed E-state index contributed by atoms with van der Waals surface area (Å²) in [6.45, 7) is -1.30. The van der Waals surface area contributed by atoms with Gasteiger partial charge in [-0.2, -0.15) is 4.31 Å². The standard InChI is InChI=1S/C10H13BrN4O4S/c11-7-2-1-6(3-8(7)12)20(18,19)15(4-9(13)16)5-10(14)17/h1-3H,4-5,12H2,(H2,13,16)(H2,14,17). The third-order valence-electron chi connectivity index (χ3n) is 2.27. The largest absolute Gasteiger partial charge is 0.398 e. The molecule has 0 atom stereocenters. The molecule has 6 N–H and O–H groups in total. The van der Waals surface area contributed by atoms with E-state index in [1.807, 2.05) is 0 Å². The van der Waals surface area contributed by atoms with Gasteiger partial charge < -0.3 is 17.2 Å². The molecule has 0 aliphatic rings. The van der Waals surface area contributed by atoms with Gasteiger partial charge in [-0.15, -0.1) is 0 Å². The Labute approximate surface area is 124 Å². The number of halogens is 1. The topological polar surface area (TPSA) is 150 Å². The highest BCUT2D eigenvalue weighted by atomic mass is 79.9. The van der Waals surface area contributed by atoms with Crippen molar-refractivity contribution in [3.63, 3.8) is 0 Å². The van der Waals surface area contributed by atoms with Crippen LogP contribution in [0.25, 0.3) is 0 Å². The van der Waals surface area contributed by atoms with Gasteiger partial charge in [-0.25, -0.2) is 8.42 Å². The molecule has 1 aromatic rings. The number of hydrogen-bond donors (Lipinski definition) is 3. The predicted molar refractivity (Wildman–Crippen MR) is 75.7 cm³/mol. The van der Waals surface area contributed by atoms with Crippen LogP contribution in [0.3, 0.4) is 0 Å². The minimum absolute atomic E-state index is 0.166. The smallest absolute Gasteiger partial charge is 0.244 e. The molecule has 0 aliphatic carbocycles.